The number of piperidine rings is 1. The lowest BCUT2D eigenvalue weighted by Crippen LogP contribution is -2.52. The Morgan fingerprint density at radius 3 is 2.67 bits per heavy atom. The number of hydrogen-bond donors (Lipinski definition) is 1. The molecule has 0 aromatic carbocycles. The Balaban J connectivity index is 1.85. The predicted octanol–water partition coefficient (Wildman–Crippen LogP) is 2.39. The first-order valence-corrected chi connectivity index (χ1v) is 7.36. The average Bonchev–Trinajstić information content (AvgIpc) is 2.81. The topological polar surface area (TPSA) is 41.6 Å². The molecule has 4 heteroatoms. The molecule has 2 fully saturated rings. The van der Waals surface area contributed by atoms with Crippen LogP contribution in [-0.2, 0) is 4.74 Å². The van der Waals surface area contributed by atoms with Crippen molar-refractivity contribution < 1.29 is 9.53 Å². The van der Waals surface area contributed by atoms with Gasteiger partial charge in [0.05, 0.1) is 6.61 Å². The molecule has 2 unspecified atom stereocenters. The fourth-order valence-corrected chi connectivity index (χ4v) is 3.26. The van der Waals surface area contributed by atoms with Gasteiger partial charge in [0.1, 0.15) is 0 Å². The summed E-state index contributed by atoms with van der Waals surface area (Å²) in [5.74, 6) is 0.557. The van der Waals surface area contributed by atoms with Crippen molar-refractivity contribution in [3.63, 3.8) is 0 Å². The van der Waals surface area contributed by atoms with Gasteiger partial charge in [-0.15, -0.1) is 0 Å². The minimum Gasteiger partial charge on any atom is -0.450 e. The van der Waals surface area contributed by atoms with Crippen LogP contribution in [0, 0.1) is 5.92 Å². The molecule has 104 valence electrons. The van der Waals surface area contributed by atoms with Crippen LogP contribution in [0.15, 0.2) is 0 Å². The van der Waals surface area contributed by atoms with Gasteiger partial charge in [-0.05, 0) is 32.1 Å². The summed E-state index contributed by atoms with van der Waals surface area (Å²) in [5, 5.41) is 3.73. The normalized spacial score (nSPS) is 29.6. The second kappa shape index (κ2) is 6.41. The largest absolute Gasteiger partial charge is 0.450 e. The van der Waals surface area contributed by atoms with E-state index < -0.39 is 0 Å². The number of ether oxygens (including phenoxy) is 1. The maximum absolute atomic E-state index is 11.8. The summed E-state index contributed by atoms with van der Waals surface area (Å²) in [4.78, 5) is 13.7. The van der Waals surface area contributed by atoms with E-state index in [9.17, 15) is 4.79 Å². The van der Waals surface area contributed by atoms with E-state index in [1.54, 1.807) is 0 Å². The molecule has 0 aromatic heterocycles. The second-order valence-corrected chi connectivity index (χ2v) is 5.79. The van der Waals surface area contributed by atoms with Crippen molar-refractivity contribution in [1.29, 1.82) is 0 Å². The highest BCUT2D eigenvalue weighted by atomic mass is 16.6. The standard InChI is InChI=1S/C14H26N2O2/c1-3-18-14(17)16-9-11(2)8-13(10-16)15-12-6-4-5-7-12/h11-13,15H,3-10H2,1-2H3. The van der Waals surface area contributed by atoms with E-state index in [-0.39, 0.29) is 6.09 Å². The van der Waals surface area contributed by atoms with E-state index in [1.807, 2.05) is 11.8 Å². The SMILES string of the molecule is CCOC(=O)N1CC(C)CC(NC2CCCC2)C1. The zero-order valence-corrected chi connectivity index (χ0v) is 11.7. The molecule has 4 nitrogen and oxygen atoms in total. The minimum atomic E-state index is -0.151. The van der Waals surface area contributed by atoms with Crippen molar-refractivity contribution >= 4 is 6.09 Å². The highest BCUT2D eigenvalue weighted by Gasteiger charge is 2.30. The average molecular weight is 254 g/mol. The van der Waals surface area contributed by atoms with Crippen LogP contribution in [0.3, 0.4) is 0 Å². The third kappa shape index (κ3) is 3.61. The number of nitrogens with one attached hydrogen (secondary N) is 1. The number of likely N-dealkylation sites (tertiary alicyclic amines) is 1. The minimum absolute atomic E-state index is 0.151. The summed E-state index contributed by atoms with van der Waals surface area (Å²) in [6.07, 6.45) is 6.31. The van der Waals surface area contributed by atoms with E-state index in [0.717, 1.165) is 13.1 Å². The predicted molar refractivity (Wildman–Crippen MR) is 71.6 cm³/mol. The van der Waals surface area contributed by atoms with Crippen molar-refractivity contribution in [2.75, 3.05) is 19.7 Å². The Morgan fingerprint density at radius 2 is 2.00 bits per heavy atom. The van der Waals surface area contributed by atoms with Gasteiger partial charge in [0.15, 0.2) is 0 Å². The first-order chi connectivity index (χ1) is 8.69. The molecular formula is C14H26N2O2. The number of rotatable bonds is 3. The van der Waals surface area contributed by atoms with Crippen molar-refractivity contribution in [1.82, 2.24) is 10.2 Å². The number of hydrogen-bond acceptors (Lipinski definition) is 3. The number of amides is 1. The Hall–Kier alpha value is -0.770. The maximum Gasteiger partial charge on any atom is 0.409 e. The van der Waals surface area contributed by atoms with E-state index in [4.69, 9.17) is 4.74 Å². The zero-order valence-electron chi connectivity index (χ0n) is 11.7. The Labute approximate surface area is 110 Å². The van der Waals surface area contributed by atoms with Gasteiger partial charge < -0.3 is 15.0 Å². The monoisotopic (exact) mass is 254 g/mol. The second-order valence-electron chi connectivity index (χ2n) is 5.79. The Bertz CT molecular complexity index is 277. The molecule has 0 aromatic rings. The highest BCUT2D eigenvalue weighted by molar-refractivity contribution is 5.67. The third-order valence-corrected chi connectivity index (χ3v) is 4.01. The third-order valence-electron chi connectivity index (χ3n) is 4.01. The number of carbonyl (C=O) groups is 1. The van der Waals surface area contributed by atoms with Crippen molar-refractivity contribution in [3.05, 3.63) is 0 Å². The lowest BCUT2D eigenvalue weighted by molar-refractivity contribution is 0.0798. The van der Waals surface area contributed by atoms with Gasteiger partial charge in [0.2, 0.25) is 0 Å². The molecule has 1 heterocycles. The van der Waals surface area contributed by atoms with Gasteiger partial charge in [0, 0.05) is 25.2 Å². The van der Waals surface area contributed by atoms with Crippen LogP contribution in [0.5, 0.6) is 0 Å². The van der Waals surface area contributed by atoms with Crippen molar-refractivity contribution in [2.24, 2.45) is 5.92 Å². The summed E-state index contributed by atoms with van der Waals surface area (Å²) in [5.41, 5.74) is 0. The van der Waals surface area contributed by atoms with Gasteiger partial charge in [-0.25, -0.2) is 4.79 Å². The van der Waals surface area contributed by atoms with Crippen molar-refractivity contribution in [3.8, 4) is 0 Å². The molecule has 0 radical (unpaired) electrons. The fourth-order valence-electron chi connectivity index (χ4n) is 3.26. The Kier molecular flexibility index (Phi) is 4.87. The lowest BCUT2D eigenvalue weighted by Gasteiger charge is -2.37. The molecule has 18 heavy (non-hydrogen) atoms. The van der Waals surface area contributed by atoms with Gasteiger partial charge in [-0.2, -0.15) is 0 Å². The molecule has 2 aliphatic rings. The summed E-state index contributed by atoms with van der Waals surface area (Å²) in [6, 6.07) is 1.12. The first-order valence-electron chi connectivity index (χ1n) is 7.36. The summed E-state index contributed by atoms with van der Waals surface area (Å²) in [7, 11) is 0. The van der Waals surface area contributed by atoms with Crippen LogP contribution >= 0.6 is 0 Å². The molecule has 1 amide bonds. The van der Waals surface area contributed by atoms with E-state index in [1.165, 1.54) is 32.1 Å². The summed E-state index contributed by atoms with van der Waals surface area (Å²) >= 11 is 0. The lowest BCUT2D eigenvalue weighted by atomic mass is 9.95. The van der Waals surface area contributed by atoms with Gasteiger partial charge in [0.25, 0.3) is 0 Å². The summed E-state index contributed by atoms with van der Waals surface area (Å²) in [6.45, 7) is 6.18. The number of carbonyl (C=O) groups excluding carboxylic acids is 1. The molecule has 1 saturated heterocycles. The van der Waals surface area contributed by atoms with Crippen LogP contribution in [0.2, 0.25) is 0 Å². The van der Waals surface area contributed by atoms with Crippen molar-refractivity contribution in [2.45, 2.75) is 58.0 Å². The Morgan fingerprint density at radius 1 is 1.28 bits per heavy atom. The zero-order chi connectivity index (χ0) is 13.0. The molecule has 1 aliphatic heterocycles. The fraction of sp³-hybridized carbons (Fsp3) is 0.929. The smallest absolute Gasteiger partial charge is 0.409 e. The molecule has 2 atom stereocenters. The molecule has 2 rings (SSSR count). The van der Waals surface area contributed by atoms with Gasteiger partial charge in [-0.3, -0.25) is 0 Å². The first kappa shape index (κ1) is 13.7. The summed E-state index contributed by atoms with van der Waals surface area (Å²) < 4.78 is 5.11. The molecule has 1 saturated carbocycles. The van der Waals surface area contributed by atoms with Gasteiger partial charge >= 0.3 is 6.09 Å². The quantitative estimate of drug-likeness (QED) is 0.841. The molecule has 1 N–H and O–H groups in total. The maximum atomic E-state index is 11.8. The van der Waals surface area contributed by atoms with Crippen LogP contribution in [-0.4, -0.2) is 42.8 Å². The van der Waals surface area contributed by atoms with Crippen LogP contribution < -0.4 is 5.32 Å². The molecule has 0 spiro atoms. The van der Waals surface area contributed by atoms with E-state index in [2.05, 4.69) is 12.2 Å². The van der Waals surface area contributed by atoms with Gasteiger partial charge in [-0.1, -0.05) is 19.8 Å². The molecule has 1 aliphatic carbocycles. The van der Waals surface area contributed by atoms with Crippen LogP contribution in [0.25, 0.3) is 0 Å². The highest BCUT2D eigenvalue weighted by Crippen LogP contribution is 2.22. The van der Waals surface area contributed by atoms with E-state index >= 15 is 0 Å². The van der Waals surface area contributed by atoms with Crippen LogP contribution in [0.4, 0.5) is 4.79 Å². The molecule has 0 bridgehead atoms. The molecular weight excluding hydrogens is 228 g/mol. The number of nitrogens with zero attached hydrogens (tertiary/aromatic N) is 1. The van der Waals surface area contributed by atoms with E-state index in [0.29, 0.717) is 24.6 Å². The van der Waals surface area contributed by atoms with Crippen LogP contribution in [0.1, 0.15) is 46.0 Å².